The van der Waals surface area contributed by atoms with Gasteiger partial charge in [-0.25, -0.2) is 0 Å². The summed E-state index contributed by atoms with van der Waals surface area (Å²) < 4.78 is 0. The molecule has 5 heteroatoms. The number of likely N-dealkylation sites (N-methyl/N-ethyl adjacent to an activating group) is 1. The molecule has 2 aliphatic rings. The van der Waals surface area contributed by atoms with E-state index in [0.717, 1.165) is 52.1 Å². The fourth-order valence-corrected chi connectivity index (χ4v) is 3.53. The van der Waals surface area contributed by atoms with Crippen LogP contribution in [0.1, 0.15) is 32.6 Å². The first-order valence-corrected chi connectivity index (χ1v) is 8.41. The van der Waals surface area contributed by atoms with Gasteiger partial charge < -0.3 is 14.9 Å². The van der Waals surface area contributed by atoms with Crippen LogP contribution in [0.15, 0.2) is 0 Å². The van der Waals surface area contributed by atoms with Gasteiger partial charge in [-0.1, -0.05) is 0 Å². The van der Waals surface area contributed by atoms with E-state index >= 15 is 0 Å². The molecule has 2 fully saturated rings. The quantitative estimate of drug-likeness (QED) is 0.781. The summed E-state index contributed by atoms with van der Waals surface area (Å²) in [5.41, 5.74) is 0. The molecule has 2 aliphatic heterocycles. The Labute approximate surface area is 128 Å². The van der Waals surface area contributed by atoms with Gasteiger partial charge in [-0.15, -0.1) is 0 Å². The van der Waals surface area contributed by atoms with Crippen LogP contribution in [0, 0.1) is 5.92 Å². The number of carbonyl (C=O) groups is 1. The first-order valence-electron chi connectivity index (χ1n) is 8.41. The molecule has 1 amide bonds. The number of likely N-dealkylation sites (tertiary alicyclic amines) is 2. The van der Waals surface area contributed by atoms with E-state index in [1.54, 1.807) is 0 Å². The summed E-state index contributed by atoms with van der Waals surface area (Å²) in [6.45, 7) is 8.26. The monoisotopic (exact) mass is 297 g/mol. The first kappa shape index (κ1) is 16.7. The number of hydrogen-bond acceptors (Lipinski definition) is 4. The van der Waals surface area contributed by atoms with E-state index in [9.17, 15) is 9.90 Å². The van der Waals surface area contributed by atoms with Crippen molar-refractivity contribution < 1.29 is 9.90 Å². The molecule has 2 rings (SSSR count). The third-order valence-electron chi connectivity index (χ3n) is 4.66. The van der Waals surface area contributed by atoms with Crippen molar-refractivity contribution in [1.82, 2.24) is 14.7 Å². The number of aliphatic hydroxyl groups excluding tert-OH is 1. The number of hydrogen-bond donors (Lipinski definition) is 1. The highest BCUT2D eigenvalue weighted by Gasteiger charge is 2.23. The van der Waals surface area contributed by atoms with Gasteiger partial charge in [0.25, 0.3) is 0 Å². The summed E-state index contributed by atoms with van der Waals surface area (Å²) in [6.07, 6.45) is 4.44. The Kier molecular flexibility index (Phi) is 6.45. The Hall–Kier alpha value is -0.650. The molecule has 5 nitrogen and oxygen atoms in total. The number of rotatable bonds is 6. The molecule has 1 atom stereocenters. The molecule has 0 aromatic rings. The van der Waals surface area contributed by atoms with Crippen molar-refractivity contribution >= 4 is 5.91 Å². The summed E-state index contributed by atoms with van der Waals surface area (Å²) in [7, 11) is 2.07. The maximum Gasteiger partial charge on any atom is 0.236 e. The van der Waals surface area contributed by atoms with Crippen molar-refractivity contribution in [3.63, 3.8) is 0 Å². The van der Waals surface area contributed by atoms with Crippen molar-refractivity contribution in [3.05, 3.63) is 0 Å². The molecule has 0 saturated carbocycles. The van der Waals surface area contributed by atoms with E-state index in [4.69, 9.17) is 0 Å². The molecule has 1 N–H and O–H groups in total. The van der Waals surface area contributed by atoms with Gasteiger partial charge in [0.1, 0.15) is 0 Å². The van der Waals surface area contributed by atoms with Gasteiger partial charge >= 0.3 is 0 Å². The number of nitrogens with zero attached hydrogens (tertiary/aromatic N) is 3. The van der Waals surface area contributed by atoms with E-state index < -0.39 is 0 Å². The summed E-state index contributed by atoms with van der Waals surface area (Å²) in [4.78, 5) is 18.7. The predicted octanol–water partition coefficient (Wildman–Crippen LogP) is 0.633. The van der Waals surface area contributed by atoms with Crippen LogP contribution in [0.5, 0.6) is 0 Å². The van der Waals surface area contributed by atoms with Crippen LogP contribution in [0.3, 0.4) is 0 Å². The Balaban J connectivity index is 1.64. The lowest BCUT2D eigenvalue weighted by Crippen LogP contribution is -2.43. The van der Waals surface area contributed by atoms with Gasteiger partial charge in [0.2, 0.25) is 5.91 Å². The maximum atomic E-state index is 12.1. The van der Waals surface area contributed by atoms with E-state index in [1.165, 1.54) is 12.8 Å². The Morgan fingerprint density at radius 1 is 1.24 bits per heavy atom. The number of β-amino-alcohol motifs (C(OH)–C–C–N with tert-alkyl or cyclic N) is 1. The lowest BCUT2D eigenvalue weighted by Gasteiger charge is -2.34. The van der Waals surface area contributed by atoms with E-state index in [2.05, 4.69) is 16.8 Å². The number of carbonyl (C=O) groups excluding carboxylic acids is 1. The lowest BCUT2D eigenvalue weighted by atomic mass is 9.96. The zero-order valence-corrected chi connectivity index (χ0v) is 13.6. The first-order chi connectivity index (χ1) is 10.0. The van der Waals surface area contributed by atoms with Crippen molar-refractivity contribution in [2.24, 2.45) is 5.92 Å². The van der Waals surface area contributed by atoms with E-state index in [1.807, 2.05) is 11.8 Å². The second-order valence-corrected chi connectivity index (χ2v) is 6.88. The lowest BCUT2D eigenvalue weighted by molar-refractivity contribution is -0.131. The smallest absolute Gasteiger partial charge is 0.236 e. The molecular weight excluding hydrogens is 266 g/mol. The van der Waals surface area contributed by atoms with Crippen LogP contribution in [0.25, 0.3) is 0 Å². The van der Waals surface area contributed by atoms with Crippen LogP contribution < -0.4 is 0 Å². The third kappa shape index (κ3) is 5.57. The molecule has 21 heavy (non-hydrogen) atoms. The minimum absolute atomic E-state index is 0.234. The second kappa shape index (κ2) is 8.11. The van der Waals surface area contributed by atoms with Gasteiger partial charge in [0.15, 0.2) is 0 Å². The number of aliphatic hydroxyl groups is 1. The maximum absolute atomic E-state index is 12.1. The largest absolute Gasteiger partial charge is 0.392 e. The fourth-order valence-electron chi connectivity index (χ4n) is 3.53. The second-order valence-electron chi connectivity index (χ2n) is 6.88. The molecule has 122 valence electrons. The van der Waals surface area contributed by atoms with Gasteiger partial charge in [0, 0.05) is 26.2 Å². The zero-order chi connectivity index (χ0) is 15.2. The Morgan fingerprint density at radius 2 is 1.86 bits per heavy atom. The molecule has 2 heterocycles. The number of piperidine rings is 1. The summed E-state index contributed by atoms with van der Waals surface area (Å²) >= 11 is 0. The summed E-state index contributed by atoms with van der Waals surface area (Å²) in [6, 6.07) is 0. The van der Waals surface area contributed by atoms with Gasteiger partial charge in [-0.2, -0.15) is 0 Å². The van der Waals surface area contributed by atoms with E-state index in [0.29, 0.717) is 18.4 Å². The van der Waals surface area contributed by atoms with Crippen molar-refractivity contribution in [2.75, 3.05) is 52.9 Å². The summed E-state index contributed by atoms with van der Waals surface area (Å²) in [5, 5.41) is 9.43. The Morgan fingerprint density at radius 3 is 2.43 bits per heavy atom. The fraction of sp³-hybridized carbons (Fsp3) is 0.938. The van der Waals surface area contributed by atoms with Crippen LogP contribution in [0.4, 0.5) is 0 Å². The predicted molar refractivity (Wildman–Crippen MR) is 84.2 cm³/mol. The van der Waals surface area contributed by atoms with Crippen LogP contribution in [-0.4, -0.2) is 84.7 Å². The molecule has 0 aromatic heterocycles. The highest BCUT2D eigenvalue weighted by Crippen LogP contribution is 2.18. The average molecular weight is 297 g/mol. The molecule has 2 saturated heterocycles. The van der Waals surface area contributed by atoms with Crippen molar-refractivity contribution in [1.29, 1.82) is 0 Å². The zero-order valence-electron chi connectivity index (χ0n) is 13.6. The SMILES string of the molecule is CC(O)CN1CCC(CN(C)CC(=O)N2CCCC2)CC1. The average Bonchev–Trinajstić information content (AvgIpc) is 2.94. The molecule has 0 bridgehead atoms. The Bertz CT molecular complexity index is 321. The normalized spacial score (nSPS) is 23.0. The van der Waals surface area contributed by atoms with E-state index in [-0.39, 0.29) is 6.10 Å². The van der Waals surface area contributed by atoms with Gasteiger partial charge in [-0.05, 0) is 58.7 Å². The molecule has 0 spiro atoms. The van der Waals surface area contributed by atoms with Crippen molar-refractivity contribution in [2.45, 2.75) is 38.7 Å². The molecular formula is C16H31N3O2. The standard InChI is InChI=1S/C16H31N3O2/c1-14(20)11-18-9-5-15(6-10-18)12-17(2)13-16(21)19-7-3-4-8-19/h14-15,20H,3-13H2,1-2H3. The van der Waals surface area contributed by atoms with Crippen LogP contribution >= 0.6 is 0 Å². The minimum atomic E-state index is -0.234. The highest BCUT2D eigenvalue weighted by atomic mass is 16.3. The summed E-state index contributed by atoms with van der Waals surface area (Å²) in [5.74, 6) is 0.980. The molecule has 0 radical (unpaired) electrons. The molecule has 0 aromatic carbocycles. The molecule has 0 aliphatic carbocycles. The molecule has 1 unspecified atom stereocenters. The third-order valence-corrected chi connectivity index (χ3v) is 4.66. The number of amides is 1. The van der Waals surface area contributed by atoms with Crippen molar-refractivity contribution in [3.8, 4) is 0 Å². The van der Waals surface area contributed by atoms with Crippen LogP contribution in [-0.2, 0) is 4.79 Å². The van der Waals surface area contributed by atoms with Crippen LogP contribution in [0.2, 0.25) is 0 Å². The minimum Gasteiger partial charge on any atom is -0.392 e. The highest BCUT2D eigenvalue weighted by molar-refractivity contribution is 5.78. The van der Waals surface area contributed by atoms with Gasteiger partial charge in [-0.3, -0.25) is 9.69 Å². The van der Waals surface area contributed by atoms with Gasteiger partial charge in [0.05, 0.1) is 12.6 Å². The topological polar surface area (TPSA) is 47.0 Å².